The van der Waals surface area contributed by atoms with E-state index in [1.807, 2.05) is 30.5 Å². The summed E-state index contributed by atoms with van der Waals surface area (Å²) in [5.74, 6) is 0. The number of nitrogens with one attached hydrogen (secondary N) is 1. The number of hydrogen-bond acceptors (Lipinski definition) is 3. The number of rotatable bonds is 5. The van der Waals surface area contributed by atoms with Gasteiger partial charge < -0.3 is 5.32 Å². The van der Waals surface area contributed by atoms with E-state index in [0.717, 1.165) is 35.4 Å². The Morgan fingerprint density at radius 1 is 1.41 bits per heavy atom. The standard InChI is InChI=1S/C12H15BrN4/c1-2-6-14-8-11-9-17(16-15-11)12-5-3-4-10(13)7-12/h3-5,7,9,14H,2,6,8H2,1H3. The van der Waals surface area contributed by atoms with Gasteiger partial charge in [0.25, 0.3) is 0 Å². The molecule has 0 unspecified atom stereocenters. The summed E-state index contributed by atoms with van der Waals surface area (Å²) >= 11 is 3.44. The van der Waals surface area contributed by atoms with Crippen LogP contribution in [0, 0.1) is 0 Å². The second-order valence-electron chi connectivity index (χ2n) is 3.81. The van der Waals surface area contributed by atoms with Gasteiger partial charge >= 0.3 is 0 Å². The molecule has 0 fully saturated rings. The van der Waals surface area contributed by atoms with Gasteiger partial charge in [0.05, 0.1) is 17.6 Å². The lowest BCUT2D eigenvalue weighted by Gasteiger charge is -2.00. The third-order valence-corrected chi connectivity index (χ3v) is 2.84. The Morgan fingerprint density at radius 2 is 2.29 bits per heavy atom. The van der Waals surface area contributed by atoms with Crippen molar-refractivity contribution in [3.63, 3.8) is 0 Å². The fourth-order valence-electron chi connectivity index (χ4n) is 1.52. The van der Waals surface area contributed by atoms with Gasteiger partial charge in [0, 0.05) is 11.0 Å². The van der Waals surface area contributed by atoms with E-state index in [4.69, 9.17) is 0 Å². The zero-order chi connectivity index (χ0) is 12.1. The predicted octanol–water partition coefficient (Wildman–Crippen LogP) is 2.53. The first kappa shape index (κ1) is 12.3. The van der Waals surface area contributed by atoms with Gasteiger partial charge in [-0.1, -0.05) is 34.1 Å². The maximum atomic E-state index is 4.13. The van der Waals surface area contributed by atoms with Gasteiger partial charge in [-0.25, -0.2) is 4.68 Å². The lowest BCUT2D eigenvalue weighted by Crippen LogP contribution is -2.13. The SMILES string of the molecule is CCCNCc1cn(-c2cccc(Br)c2)nn1. The fourth-order valence-corrected chi connectivity index (χ4v) is 1.90. The van der Waals surface area contributed by atoms with Crippen LogP contribution in [0.3, 0.4) is 0 Å². The maximum absolute atomic E-state index is 4.13. The minimum atomic E-state index is 0.766. The first-order chi connectivity index (χ1) is 8.29. The summed E-state index contributed by atoms with van der Waals surface area (Å²) in [5.41, 5.74) is 1.96. The number of benzene rings is 1. The zero-order valence-corrected chi connectivity index (χ0v) is 11.3. The van der Waals surface area contributed by atoms with Crippen LogP contribution in [-0.4, -0.2) is 21.5 Å². The highest BCUT2D eigenvalue weighted by Crippen LogP contribution is 2.14. The summed E-state index contributed by atoms with van der Waals surface area (Å²) in [6.07, 6.45) is 3.07. The van der Waals surface area contributed by atoms with Crippen molar-refractivity contribution in [2.75, 3.05) is 6.54 Å². The minimum Gasteiger partial charge on any atom is -0.311 e. The number of hydrogen-bond donors (Lipinski definition) is 1. The van der Waals surface area contributed by atoms with E-state index in [-0.39, 0.29) is 0 Å². The largest absolute Gasteiger partial charge is 0.311 e. The predicted molar refractivity (Wildman–Crippen MR) is 71.1 cm³/mol. The van der Waals surface area contributed by atoms with Crippen LogP contribution in [0.1, 0.15) is 19.0 Å². The second-order valence-corrected chi connectivity index (χ2v) is 4.73. The molecular weight excluding hydrogens is 280 g/mol. The van der Waals surface area contributed by atoms with Gasteiger partial charge in [-0.2, -0.15) is 0 Å². The molecule has 0 aliphatic rings. The summed E-state index contributed by atoms with van der Waals surface area (Å²) < 4.78 is 2.82. The van der Waals surface area contributed by atoms with Crippen LogP contribution >= 0.6 is 15.9 Å². The van der Waals surface area contributed by atoms with E-state index in [1.165, 1.54) is 0 Å². The summed E-state index contributed by atoms with van der Waals surface area (Å²) in [6.45, 7) is 3.91. The molecule has 0 aliphatic heterocycles. The van der Waals surface area contributed by atoms with E-state index in [9.17, 15) is 0 Å². The second kappa shape index (κ2) is 5.93. The van der Waals surface area contributed by atoms with E-state index in [0.29, 0.717) is 0 Å². The van der Waals surface area contributed by atoms with Gasteiger partial charge in [-0.05, 0) is 31.2 Å². The lowest BCUT2D eigenvalue weighted by atomic mass is 10.3. The van der Waals surface area contributed by atoms with Gasteiger partial charge in [-0.15, -0.1) is 5.10 Å². The van der Waals surface area contributed by atoms with Crippen molar-refractivity contribution in [3.8, 4) is 5.69 Å². The quantitative estimate of drug-likeness (QED) is 0.862. The van der Waals surface area contributed by atoms with Crippen LogP contribution in [0.4, 0.5) is 0 Å². The minimum absolute atomic E-state index is 0.766. The molecule has 0 saturated heterocycles. The fraction of sp³-hybridized carbons (Fsp3) is 0.333. The maximum Gasteiger partial charge on any atom is 0.0969 e. The van der Waals surface area contributed by atoms with Crippen LogP contribution < -0.4 is 5.32 Å². The Balaban J connectivity index is 2.07. The number of aromatic nitrogens is 3. The molecular formula is C12H15BrN4. The first-order valence-corrected chi connectivity index (χ1v) is 6.47. The lowest BCUT2D eigenvalue weighted by molar-refractivity contribution is 0.662. The van der Waals surface area contributed by atoms with Gasteiger partial charge in [0.1, 0.15) is 0 Å². The van der Waals surface area contributed by atoms with E-state index < -0.39 is 0 Å². The van der Waals surface area contributed by atoms with Crippen LogP contribution in [0.2, 0.25) is 0 Å². The van der Waals surface area contributed by atoms with E-state index in [2.05, 4.69) is 38.5 Å². The topological polar surface area (TPSA) is 42.7 Å². The molecule has 2 aromatic rings. The van der Waals surface area contributed by atoms with Gasteiger partial charge in [-0.3, -0.25) is 0 Å². The van der Waals surface area contributed by atoms with Crippen molar-refractivity contribution in [2.24, 2.45) is 0 Å². The molecule has 4 nitrogen and oxygen atoms in total. The Kier molecular flexibility index (Phi) is 4.28. The molecule has 0 spiro atoms. The monoisotopic (exact) mass is 294 g/mol. The van der Waals surface area contributed by atoms with Crippen molar-refractivity contribution in [1.29, 1.82) is 0 Å². The number of halogens is 1. The zero-order valence-electron chi connectivity index (χ0n) is 9.73. The molecule has 0 atom stereocenters. The molecule has 0 amide bonds. The highest BCUT2D eigenvalue weighted by Gasteiger charge is 2.02. The molecule has 0 aliphatic carbocycles. The molecule has 1 heterocycles. The first-order valence-electron chi connectivity index (χ1n) is 5.67. The Hall–Kier alpha value is -1.20. The third kappa shape index (κ3) is 3.38. The van der Waals surface area contributed by atoms with E-state index >= 15 is 0 Å². The van der Waals surface area contributed by atoms with Crippen molar-refractivity contribution in [1.82, 2.24) is 20.3 Å². The smallest absolute Gasteiger partial charge is 0.0969 e. The van der Waals surface area contributed by atoms with Gasteiger partial charge in [0.15, 0.2) is 0 Å². The Morgan fingerprint density at radius 3 is 3.06 bits per heavy atom. The third-order valence-electron chi connectivity index (χ3n) is 2.35. The molecule has 0 saturated carbocycles. The highest BCUT2D eigenvalue weighted by molar-refractivity contribution is 9.10. The molecule has 0 bridgehead atoms. The summed E-state index contributed by atoms with van der Waals surface area (Å²) in [4.78, 5) is 0. The summed E-state index contributed by atoms with van der Waals surface area (Å²) in [6, 6.07) is 7.99. The highest BCUT2D eigenvalue weighted by atomic mass is 79.9. The molecule has 1 aromatic carbocycles. The van der Waals surface area contributed by atoms with Crippen LogP contribution in [0.25, 0.3) is 5.69 Å². The number of nitrogens with zero attached hydrogens (tertiary/aromatic N) is 3. The summed E-state index contributed by atoms with van der Waals surface area (Å²) in [5, 5.41) is 11.5. The molecule has 1 aromatic heterocycles. The summed E-state index contributed by atoms with van der Waals surface area (Å²) in [7, 11) is 0. The van der Waals surface area contributed by atoms with Crippen molar-refractivity contribution < 1.29 is 0 Å². The normalized spacial score (nSPS) is 10.7. The average Bonchev–Trinajstić information content (AvgIpc) is 2.78. The molecule has 5 heteroatoms. The van der Waals surface area contributed by atoms with Crippen LogP contribution in [0.15, 0.2) is 34.9 Å². The van der Waals surface area contributed by atoms with Crippen molar-refractivity contribution in [3.05, 3.63) is 40.6 Å². The Bertz CT molecular complexity index is 481. The van der Waals surface area contributed by atoms with E-state index in [1.54, 1.807) is 4.68 Å². The molecule has 1 N–H and O–H groups in total. The average molecular weight is 295 g/mol. The Labute approximate surface area is 109 Å². The van der Waals surface area contributed by atoms with Crippen molar-refractivity contribution >= 4 is 15.9 Å². The molecule has 0 radical (unpaired) electrons. The molecule has 90 valence electrons. The van der Waals surface area contributed by atoms with Crippen LogP contribution in [0.5, 0.6) is 0 Å². The molecule has 2 rings (SSSR count). The van der Waals surface area contributed by atoms with Crippen LogP contribution in [-0.2, 0) is 6.54 Å². The van der Waals surface area contributed by atoms with Gasteiger partial charge in [0.2, 0.25) is 0 Å². The van der Waals surface area contributed by atoms with Crippen molar-refractivity contribution in [2.45, 2.75) is 19.9 Å². The molecule has 17 heavy (non-hydrogen) atoms.